The minimum absolute atomic E-state index is 0.00266. The van der Waals surface area contributed by atoms with Crippen LogP contribution in [-0.2, 0) is 4.79 Å². The summed E-state index contributed by atoms with van der Waals surface area (Å²) in [6, 6.07) is 6.71. The van der Waals surface area contributed by atoms with E-state index in [1.165, 1.54) is 23.2 Å². The van der Waals surface area contributed by atoms with E-state index in [2.05, 4.69) is 10.2 Å². The van der Waals surface area contributed by atoms with E-state index >= 15 is 0 Å². The highest BCUT2D eigenvalue weighted by Gasteiger charge is 2.26. The molecular weight excluding hydrogens is 336 g/mol. The molecule has 1 aromatic heterocycles. The molecule has 0 saturated carbocycles. The normalized spacial score (nSPS) is 15.8. The van der Waals surface area contributed by atoms with Gasteiger partial charge in [-0.15, -0.1) is 10.2 Å². The quantitative estimate of drug-likeness (QED) is 0.493. The Morgan fingerprint density at radius 2 is 2.00 bits per heavy atom. The zero-order valence-corrected chi connectivity index (χ0v) is 14.2. The second kappa shape index (κ2) is 8.31. The second-order valence-electron chi connectivity index (χ2n) is 4.93. The van der Waals surface area contributed by atoms with Gasteiger partial charge in [-0.05, 0) is 38.1 Å². The summed E-state index contributed by atoms with van der Waals surface area (Å²) in [4.78, 5) is 13.8. The summed E-state index contributed by atoms with van der Waals surface area (Å²) in [7, 11) is 0. The number of pyridine rings is 1. The van der Waals surface area contributed by atoms with Gasteiger partial charge >= 0.3 is 0 Å². The highest BCUT2D eigenvalue weighted by molar-refractivity contribution is 6.44. The Kier molecular flexibility index (Phi) is 5.91. The highest BCUT2D eigenvalue weighted by Crippen LogP contribution is 2.17. The van der Waals surface area contributed by atoms with Gasteiger partial charge in [-0.2, -0.15) is 15.3 Å². The zero-order chi connectivity index (χ0) is 19.1. The van der Waals surface area contributed by atoms with Gasteiger partial charge in [0.1, 0.15) is 12.1 Å². The highest BCUT2D eigenvalue weighted by atomic mass is 16.5. The number of carbonyl (C=O) groups excluding carboxylic acids is 1. The van der Waals surface area contributed by atoms with Crippen LogP contribution in [-0.4, -0.2) is 39.6 Å². The number of nitriles is 2. The van der Waals surface area contributed by atoms with Crippen molar-refractivity contribution in [3.05, 3.63) is 47.2 Å². The summed E-state index contributed by atoms with van der Waals surface area (Å²) in [6.07, 6.45) is 4.18. The van der Waals surface area contributed by atoms with Crippen molar-refractivity contribution < 1.29 is 14.7 Å². The molecule has 0 saturated heterocycles. The van der Waals surface area contributed by atoms with E-state index in [-0.39, 0.29) is 29.0 Å². The third-order valence-corrected chi connectivity index (χ3v) is 3.41. The molecule has 0 spiro atoms. The first-order chi connectivity index (χ1) is 12.6. The van der Waals surface area contributed by atoms with Gasteiger partial charge in [0.05, 0.1) is 12.3 Å². The van der Waals surface area contributed by atoms with Crippen molar-refractivity contribution in [1.29, 1.82) is 10.5 Å². The van der Waals surface area contributed by atoms with Crippen molar-refractivity contribution in [2.45, 2.75) is 13.8 Å². The number of carbonyl (C=O) groups is 1. The number of ether oxygens (including phenoxy) is 1. The van der Waals surface area contributed by atoms with Crippen molar-refractivity contribution in [3.63, 3.8) is 0 Å². The van der Waals surface area contributed by atoms with Gasteiger partial charge in [0.15, 0.2) is 17.0 Å². The van der Waals surface area contributed by atoms with Crippen LogP contribution in [0, 0.1) is 22.7 Å². The Morgan fingerprint density at radius 3 is 2.62 bits per heavy atom. The minimum atomic E-state index is -0.505. The first kappa shape index (κ1) is 18.5. The van der Waals surface area contributed by atoms with Crippen LogP contribution in [0.2, 0.25) is 0 Å². The van der Waals surface area contributed by atoms with Gasteiger partial charge in [-0.1, -0.05) is 0 Å². The molecule has 0 fully saturated rings. The third kappa shape index (κ3) is 3.62. The monoisotopic (exact) mass is 352 g/mol. The smallest absolute Gasteiger partial charge is 0.278 e. The number of nitrogens with zero attached hydrogens (tertiary/aromatic N) is 6. The molecule has 0 radical (unpaired) electrons. The molecule has 0 aromatic carbocycles. The van der Waals surface area contributed by atoms with Crippen molar-refractivity contribution in [1.82, 2.24) is 9.63 Å². The van der Waals surface area contributed by atoms with E-state index in [4.69, 9.17) is 15.3 Å². The summed E-state index contributed by atoms with van der Waals surface area (Å²) in [5.41, 5.74) is 0.0787. The van der Waals surface area contributed by atoms with Crippen molar-refractivity contribution >= 4 is 11.6 Å². The standard InChI is InChI=1S/C17H16N6O3/c1-3-22-14(12(10-18)11-19)8-7-13(17(22)24)20-21-16-15(26-4-2)6-5-9-23(16)25/h5-9,25H,3-4H2,1-2H3. The van der Waals surface area contributed by atoms with E-state index in [0.29, 0.717) is 12.4 Å². The van der Waals surface area contributed by atoms with Gasteiger partial charge in [0.25, 0.3) is 5.91 Å². The average molecular weight is 352 g/mol. The van der Waals surface area contributed by atoms with E-state index < -0.39 is 5.91 Å². The molecule has 0 unspecified atom stereocenters. The summed E-state index contributed by atoms with van der Waals surface area (Å²) >= 11 is 0. The number of likely N-dealkylation sites (N-methyl/N-ethyl adjacent to an activating group) is 1. The Balaban J connectivity index is 2.54. The van der Waals surface area contributed by atoms with Gasteiger partial charge in [0, 0.05) is 12.7 Å². The van der Waals surface area contributed by atoms with Crippen LogP contribution >= 0.6 is 0 Å². The molecule has 1 N–H and O–H groups in total. The zero-order valence-electron chi connectivity index (χ0n) is 14.2. The van der Waals surface area contributed by atoms with Crippen LogP contribution in [0.25, 0.3) is 0 Å². The lowest BCUT2D eigenvalue weighted by Gasteiger charge is -2.24. The number of allylic oxidation sites excluding steroid dienone is 2. The molecule has 0 aliphatic carbocycles. The van der Waals surface area contributed by atoms with Crippen LogP contribution < -0.4 is 10.2 Å². The second-order valence-corrected chi connectivity index (χ2v) is 4.93. The summed E-state index contributed by atoms with van der Waals surface area (Å²) in [5.74, 6) is -0.201. The Bertz CT molecular complexity index is 940. The molecule has 132 valence electrons. The Morgan fingerprint density at radius 1 is 1.27 bits per heavy atom. The van der Waals surface area contributed by atoms with Crippen molar-refractivity contribution in [2.24, 2.45) is 10.2 Å². The number of amides is 1. The fourth-order valence-electron chi connectivity index (χ4n) is 2.25. The van der Waals surface area contributed by atoms with Gasteiger partial charge in [0.2, 0.25) is 5.49 Å². The maximum Gasteiger partial charge on any atom is 0.278 e. The Labute approximate surface area is 149 Å². The molecule has 2 rings (SSSR count). The molecule has 9 nitrogen and oxygen atoms in total. The van der Waals surface area contributed by atoms with E-state index in [9.17, 15) is 10.0 Å². The largest absolute Gasteiger partial charge is 0.490 e. The third-order valence-electron chi connectivity index (χ3n) is 3.41. The van der Waals surface area contributed by atoms with Gasteiger partial charge < -0.3 is 14.8 Å². The summed E-state index contributed by atoms with van der Waals surface area (Å²) in [5, 5.41) is 35.7. The molecule has 2 heterocycles. The van der Waals surface area contributed by atoms with Crippen LogP contribution in [0.5, 0.6) is 5.75 Å². The number of hydrogen-bond acceptors (Lipinski definition) is 7. The molecule has 1 aromatic rings. The molecule has 1 aliphatic rings. The van der Waals surface area contributed by atoms with Gasteiger partial charge in [-0.25, -0.2) is 0 Å². The van der Waals surface area contributed by atoms with E-state index in [1.807, 2.05) is 0 Å². The van der Waals surface area contributed by atoms with E-state index in [0.717, 1.165) is 4.73 Å². The first-order valence-corrected chi connectivity index (χ1v) is 7.77. The summed E-state index contributed by atoms with van der Waals surface area (Å²) in [6.45, 7) is 4.11. The van der Waals surface area contributed by atoms with Crippen LogP contribution in [0.15, 0.2) is 52.0 Å². The Hall–Kier alpha value is -3.85. The van der Waals surface area contributed by atoms with Crippen LogP contribution in [0.4, 0.5) is 0 Å². The topological polar surface area (TPSA) is 127 Å². The maximum atomic E-state index is 12.6. The van der Waals surface area contributed by atoms with Crippen LogP contribution in [0.3, 0.4) is 0 Å². The minimum Gasteiger partial charge on any atom is -0.490 e. The number of aromatic nitrogens is 1. The predicted octanol–water partition coefficient (Wildman–Crippen LogP) is 1.10. The molecular formula is C17H16N6O3. The predicted molar refractivity (Wildman–Crippen MR) is 90.6 cm³/mol. The molecule has 9 heteroatoms. The first-order valence-electron chi connectivity index (χ1n) is 7.77. The van der Waals surface area contributed by atoms with Crippen molar-refractivity contribution in [2.75, 3.05) is 13.2 Å². The molecule has 1 aliphatic heterocycles. The molecule has 0 bridgehead atoms. The molecule has 26 heavy (non-hydrogen) atoms. The van der Waals surface area contributed by atoms with Gasteiger partial charge in [-0.3, -0.25) is 4.79 Å². The molecule has 1 amide bonds. The SMILES string of the molecule is CCOc1cccn(O)c1=NN=C1C=CC(=C(C#N)C#N)N(CC)C1=O. The average Bonchev–Trinajstić information content (AvgIpc) is 2.64. The van der Waals surface area contributed by atoms with E-state index in [1.54, 1.807) is 38.1 Å². The molecule has 0 atom stereocenters. The maximum absolute atomic E-state index is 12.6. The van der Waals surface area contributed by atoms with Crippen LogP contribution in [0.1, 0.15) is 13.8 Å². The fraction of sp³-hybridized carbons (Fsp3) is 0.235. The fourth-order valence-corrected chi connectivity index (χ4v) is 2.25. The number of rotatable bonds is 4. The number of hydrogen-bond donors (Lipinski definition) is 1. The lowest BCUT2D eigenvalue weighted by molar-refractivity contribution is -0.122. The lowest BCUT2D eigenvalue weighted by Crippen LogP contribution is -2.38. The lowest BCUT2D eigenvalue weighted by atomic mass is 10.1. The van der Waals surface area contributed by atoms with Crippen molar-refractivity contribution in [3.8, 4) is 17.9 Å². The summed E-state index contributed by atoms with van der Waals surface area (Å²) < 4.78 is 6.10.